The molecule has 34 heavy (non-hydrogen) atoms. The molecule has 1 aromatic heterocycles. The van der Waals surface area contributed by atoms with Gasteiger partial charge >= 0.3 is 5.69 Å². The van der Waals surface area contributed by atoms with E-state index in [2.05, 4.69) is 21.6 Å². The van der Waals surface area contributed by atoms with Gasteiger partial charge in [-0.1, -0.05) is 0 Å². The van der Waals surface area contributed by atoms with Gasteiger partial charge in [0.05, 0.1) is 28.7 Å². The molecule has 0 amide bonds. The van der Waals surface area contributed by atoms with E-state index in [0.717, 1.165) is 12.1 Å². The summed E-state index contributed by atoms with van der Waals surface area (Å²) >= 11 is 0. The Morgan fingerprint density at radius 3 is 2.50 bits per heavy atom. The number of nitro benzene ring substituents is 2. The minimum Gasteiger partial charge on any atom is -0.450 e. The number of methoxy groups -OCH3 is 1. The number of pyridine rings is 1. The number of aromatic nitrogens is 1. The number of aryl methyl sites for hydroxylation is 1. The number of nitriles is 1. The molecule has 0 saturated heterocycles. The average Bonchev–Trinajstić information content (AvgIpc) is 2.80. The quantitative estimate of drug-likeness (QED) is 0.274. The summed E-state index contributed by atoms with van der Waals surface area (Å²) < 4.78 is 10.7. The standard InChI is InChI=1S/C22H18N6O6/c1-14-9-16(13-33-2)19(11-23)22(25-14)26-24-12-15-3-6-18(7-4-15)34-21-8-5-17(27(29)30)10-20(21)28(31)32/h3-10,12H,13H2,1-2H3,(H,25,26)/b24-12+. The molecule has 0 fully saturated rings. The third-order valence-corrected chi connectivity index (χ3v) is 4.48. The van der Waals surface area contributed by atoms with Crippen molar-refractivity contribution in [3.8, 4) is 17.6 Å². The number of benzene rings is 2. The molecule has 3 aromatic rings. The molecule has 0 aliphatic rings. The van der Waals surface area contributed by atoms with Crippen molar-refractivity contribution in [3.05, 3.63) is 91.1 Å². The van der Waals surface area contributed by atoms with Crippen LogP contribution in [0.3, 0.4) is 0 Å². The summed E-state index contributed by atoms with van der Waals surface area (Å²) in [6, 6.07) is 13.5. The summed E-state index contributed by atoms with van der Waals surface area (Å²) in [7, 11) is 1.54. The summed E-state index contributed by atoms with van der Waals surface area (Å²) in [5.74, 6) is 0.467. The van der Waals surface area contributed by atoms with Crippen molar-refractivity contribution in [2.24, 2.45) is 5.10 Å². The van der Waals surface area contributed by atoms with Crippen LogP contribution in [0, 0.1) is 38.5 Å². The Balaban J connectivity index is 1.74. The molecular formula is C22H18N6O6. The lowest BCUT2D eigenvalue weighted by molar-refractivity contribution is -0.394. The van der Waals surface area contributed by atoms with Gasteiger partial charge in [0.2, 0.25) is 5.75 Å². The number of hydrazone groups is 1. The van der Waals surface area contributed by atoms with Gasteiger partial charge in [0, 0.05) is 24.4 Å². The first-order chi connectivity index (χ1) is 16.3. The zero-order valence-electron chi connectivity index (χ0n) is 18.1. The van der Waals surface area contributed by atoms with E-state index in [1.165, 1.54) is 19.4 Å². The summed E-state index contributed by atoms with van der Waals surface area (Å²) in [4.78, 5) is 24.9. The van der Waals surface area contributed by atoms with Crippen LogP contribution in [0.2, 0.25) is 0 Å². The fourth-order valence-corrected chi connectivity index (χ4v) is 2.98. The van der Waals surface area contributed by atoms with Crippen LogP contribution in [0.25, 0.3) is 0 Å². The highest BCUT2D eigenvalue weighted by atomic mass is 16.6. The number of nitrogens with zero attached hydrogens (tertiary/aromatic N) is 5. The number of nitrogens with one attached hydrogen (secondary N) is 1. The SMILES string of the molecule is COCc1cc(C)nc(N/N=C/c2ccc(Oc3ccc([N+](=O)[O-])cc3[N+](=O)[O-])cc2)c1C#N. The number of rotatable bonds is 9. The van der Waals surface area contributed by atoms with E-state index in [1.807, 2.05) is 0 Å². The van der Waals surface area contributed by atoms with Crippen LogP contribution in [0.4, 0.5) is 17.2 Å². The molecule has 1 heterocycles. The Morgan fingerprint density at radius 2 is 1.88 bits per heavy atom. The van der Waals surface area contributed by atoms with Crippen molar-refractivity contribution in [1.29, 1.82) is 5.26 Å². The Bertz CT molecular complexity index is 1300. The molecule has 1 N–H and O–H groups in total. The van der Waals surface area contributed by atoms with Crippen LogP contribution in [0.5, 0.6) is 11.5 Å². The first-order valence-electron chi connectivity index (χ1n) is 9.71. The van der Waals surface area contributed by atoms with E-state index >= 15 is 0 Å². The lowest BCUT2D eigenvalue weighted by atomic mass is 10.1. The highest BCUT2D eigenvalue weighted by molar-refractivity contribution is 5.80. The second kappa shape index (κ2) is 10.6. The molecular weight excluding hydrogens is 444 g/mol. The Morgan fingerprint density at radius 1 is 1.15 bits per heavy atom. The van der Waals surface area contributed by atoms with Crippen LogP contribution < -0.4 is 10.2 Å². The lowest BCUT2D eigenvalue weighted by Gasteiger charge is -2.09. The maximum absolute atomic E-state index is 11.2. The topological polar surface area (TPSA) is 166 Å². The number of anilines is 1. The normalized spacial score (nSPS) is 10.6. The van der Waals surface area contributed by atoms with E-state index in [0.29, 0.717) is 34.0 Å². The van der Waals surface area contributed by atoms with Gasteiger partial charge in [-0.05, 0) is 48.9 Å². The minimum atomic E-state index is -0.748. The maximum atomic E-state index is 11.2. The molecule has 0 saturated carbocycles. The monoisotopic (exact) mass is 462 g/mol. The van der Waals surface area contributed by atoms with Crippen molar-refractivity contribution >= 4 is 23.4 Å². The van der Waals surface area contributed by atoms with E-state index in [1.54, 1.807) is 37.3 Å². The highest BCUT2D eigenvalue weighted by Gasteiger charge is 2.21. The number of hydrogen-bond donors (Lipinski definition) is 1. The number of non-ortho nitro benzene ring substituents is 1. The van der Waals surface area contributed by atoms with Gasteiger partial charge < -0.3 is 9.47 Å². The minimum absolute atomic E-state index is 0.125. The van der Waals surface area contributed by atoms with E-state index in [9.17, 15) is 25.5 Å². The molecule has 12 nitrogen and oxygen atoms in total. The van der Waals surface area contributed by atoms with E-state index < -0.39 is 21.2 Å². The van der Waals surface area contributed by atoms with Crippen molar-refractivity contribution in [1.82, 2.24) is 4.98 Å². The fourth-order valence-electron chi connectivity index (χ4n) is 2.98. The third kappa shape index (κ3) is 5.67. The van der Waals surface area contributed by atoms with Crippen molar-refractivity contribution in [2.75, 3.05) is 12.5 Å². The van der Waals surface area contributed by atoms with Gasteiger partial charge in [0.1, 0.15) is 17.4 Å². The highest BCUT2D eigenvalue weighted by Crippen LogP contribution is 2.34. The Labute approximate surface area is 193 Å². The summed E-state index contributed by atoms with van der Waals surface area (Å²) in [5.41, 5.74) is 4.23. The van der Waals surface area contributed by atoms with Gasteiger partial charge in [-0.3, -0.25) is 25.7 Å². The number of nitro groups is 2. The maximum Gasteiger partial charge on any atom is 0.318 e. The third-order valence-electron chi connectivity index (χ3n) is 4.48. The van der Waals surface area contributed by atoms with Crippen LogP contribution in [0.1, 0.15) is 22.4 Å². The lowest BCUT2D eigenvalue weighted by Crippen LogP contribution is -2.03. The molecule has 172 valence electrons. The molecule has 3 rings (SSSR count). The molecule has 0 unspecified atom stereocenters. The van der Waals surface area contributed by atoms with Crippen LogP contribution in [-0.2, 0) is 11.3 Å². The van der Waals surface area contributed by atoms with Crippen LogP contribution in [0.15, 0.2) is 53.6 Å². The van der Waals surface area contributed by atoms with Gasteiger partial charge in [0.15, 0.2) is 5.82 Å². The van der Waals surface area contributed by atoms with Crippen molar-refractivity contribution in [3.63, 3.8) is 0 Å². The van der Waals surface area contributed by atoms with Crippen LogP contribution in [-0.4, -0.2) is 28.2 Å². The van der Waals surface area contributed by atoms with Crippen molar-refractivity contribution < 1.29 is 19.3 Å². The summed E-state index contributed by atoms with van der Waals surface area (Å²) in [5, 5.41) is 35.7. The second-order valence-corrected chi connectivity index (χ2v) is 6.90. The largest absolute Gasteiger partial charge is 0.450 e. The van der Waals surface area contributed by atoms with E-state index in [4.69, 9.17) is 9.47 Å². The molecule has 0 spiro atoms. The Hall–Kier alpha value is -4.89. The molecule has 12 heteroatoms. The zero-order valence-corrected chi connectivity index (χ0v) is 18.1. The fraction of sp³-hybridized carbons (Fsp3) is 0.136. The van der Waals surface area contributed by atoms with Gasteiger partial charge in [-0.15, -0.1) is 0 Å². The number of hydrogen-bond acceptors (Lipinski definition) is 10. The molecule has 2 aromatic carbocycles. The summed E-state index contributed by atoms with van der Waals surface area (Å²) in [6.45, 7) is 2.06. The van der Waals surface area contributed by atoms with Gasteiger partial charge in [-0.2, -0.15) is 10.4 Å². The molecule has 0 atom stereocenters. The summed E-state index contributed by atoms with van der Waals surface area (Å²) in [6.07, 6.45) is 1.50. The van der Waals surface area contributed by atoms with E-state index in [-0.39, 0.29) is 12.4 Å². The van der Waals surface area contributed by atoms with Crippen LogP contribution >= 0.6 is 0 Å². The Kier molecular flexibility index (Phi) is 7.42. The molecule has 0 radical (unpaired) electrons. The zero-order chi connectivity index (χ0) is 24.7. The van der Waals surface area contributed by atoms with Crippen molar-refractivity contribution in [2.45, 2.75) is 13.5 Å². The average molecular weight is 462 g/mol. The predicted octanol–water partition coefficient (Wildman–Crippen LogP) is 4.46. The predicted molar refractivity (Wildman–Crippen MR) is 122 cm³/mol. The number of ether oxygens (including phenoxy) is 2. The first-order valence-corrected chi connectivity index (χ1v) is 9.71. The molecule has 0 aliphatic heterocycles. The molecule has 0 aliphatic carbocycles. The van der Waals surface area contributed by atoms with Gasteiger partial charge in [0.25, 0.3) is 5.69 Å². The van der Waals surface area contributed by atoms with Gasteiger partial charge in [-0.25, -0.2) is 4.98 Å². The first kappa shape index (κ1) is 23.8. The molecule has 0 bridgehead atoms. The second-order valence-electron chi connectivity index (χ2n) is 6.90. The smallest absolute Gasteiger partial charge is 0.318 e.